The van der Waals surface area contributed by atoms with Gasteiger partial charge < -0.3 is 4.90 Å². The molecule has 10 heteroatoms. The number of sulfonamides is 1. The maximum Gasteiger partial charge on any atom is 0.243 e. The Bertz CT molecular complexity index is 965. The average molecular weight is 508 g/mol. The first-order valence-electron chi connectivity index (χ1n) is 8.39. The van der Waals surface area contributed by atoms with Gasteiger partial charge in [-0.2, -0.15) is 4.31 Å². The molecule has 0 spiro atoms. The Labute approximate surface area is 181 Å². The van der Waals surface area contributed by atoms with Gasteiger partial charge in [0.05, 0.1) is 15.7 Å². The van der Waals surface area contributed by atoms with Crippen LogP contribution in [0.15, 0.2) is 56.7 Å². The van der Waals surface area contributed by atoms with E-state index in [4.69, 9.17) is 11.6 Å². The van der Waals surface area contributed by atoms with Crippen LogP contribution >= 0.6 is 39.3 Å². The second kappa shape index (κ2) is 9.13. The summed E-state index contributed by atoms with van der Waals surface area (Å²) in [6, 6.07) is 11.0. The van der Waals surface area contributed by atoms with Crippen molar-refractivity contribution < 1.29 is 17.6 Å². The Morgan fingerprint density at radius 1 is 1.11 bits per heavy atom. The second-order valence-corrected chi connectivity index (χ2v) is 10.4. The molecule has 0 aliphatic carbocycles. The maximum atomic E-state index is 13.3. The monoisotopic (exact) mass is 506 g/mol. The summed E-state index contributed by atoms with van der Waals surface area (Å²) in [6.45, 7) is 1.000. The summed E-state index contributed by atoms with van der Waals surface area (Å²) >= 11 is 10.5. The van der Waals surface area contributed by atoms with Gasteiger partial charge in [0.2, 0.25) is 15.9 Å². The smallest absolute Gasteiger partial charge is 0.243 e. The van der Waals surface area contributed by atoms with Crippen molar-refractivity contribution in [3.8, 4) is 0 Å². The molecular weight excluding hydrogens is 491 g/mol. The molecular formula is C18H17BrClFN2O3S2. The van der Waals surface area contributed by atoms with Crippen molar-refractivity contribution in [1.82, 2.24) is 9.21 Å². The van der Waals surface area contributed by atoms with Crippen molar-refractivity contribution >= 4 is 55.2 Å². The fourth-order valence-corrected chi connectivity index (χ4v) is 5.49. The van der Waals surface area contributed by atoms with Crippen molar-refractivity contribution in [3.05, 3.63) is 57.8 Å². The zero-order chi connectivity index (χ0) is 20.3. The number of carbonyl (C=O) groups excluding carboxylic acids is 1. The summed E-state index contributed by atoms with van der Waals surface area (Å²) in [5.41, 5.74) is 0. The lowest BCUT2D eigenvalue weighted by Gasteiger charge is -2.34. The van der Waals surface area contributed by atoms with Crippen LogP contribution in [-0.4, -0.2) is 55.5 Å². The molecule has 0 atom stereocenters. The summed E-state index contributed by atoms with van der Waals surface area (Å²) < 4.78 is 41.0. The minimum atomic E-state index is -3.78. The number of halogens is 3. The van der Waals surface area contributed by atoms with E-state index in [1.54, 1.807) is 4.90 Å². The zero-order valence-electron chi connectivity index (χ0n) is 14.6. The van der Waals surface area contributed by atoms with Crippen LogP contribution in [0.25, 0.3) is 0 Å². The van der Waals surface area contributed by atoms with E-state index >= 15 is 0 Å². The molecule has 1 heterocycles. The summed E-state index contributed by atoms with van der Waals surface area (Å²) in [5, 5.41) is -0.236. The van der Waals surface area contributed by atoms with Crippen LogP contribution in [0.2, 0.25) is 5.02 Å². The first-order valence-corrected chi connectivity index (χ1v) is 12.0. The lowest BCUT2D eigenvalue weighted by molar-refractivity contribution is -0.129. The van der Waals surface area contributed by atoms with Crippen LogP contribution in [0.4, 0.5) is 4.39 Å². The fraction of sp³-hybridized carbons (Fsp3) is 0.278. The third-order valence-corrected chi connectivity index (χ3v) is 8.01. The van der Waals surface area contributed by atoms with E-state index in [1.165, 1.54) is 22.1 Å². The topological polar surface area (TPSA) is 57.7 Å². The van der Waals surface area contributed by atoms with E-state index in [9.17, 15) is 17.6 Å². The molecule has 0 N–H and O–H groups in total. The quantitative estimate of drug-likeness (QED) is 0.577. The van der Waals surface area contributed by atoms with Crippen molar-refractivity contribution in [2.24, 2.45) is 0 Å². The Morgan fingerprint density at radius 3 is 2.36 bits per heavy atom. The molecule has 150 valence electrons. The second-order valence-electron chi connectivity index (χ2n) is 6.10. The highest BCUT2D eigenvalue weighted by Crippen LogP contribution is 2.24. The number of thioether (sulfide) groups is 1. The SMILES string of the molecule is O=C(CSc1ccc(Br)cc1)N1CCN(S(=O)(=O)c2ccc(F)c(Cl)c2)CC1. The molecule has 0 unspecified atom stereocenters. The van der Waals surface area contributed by atoms with Gasteiger partial charge >= 0.3 is 0 Å². The minimum absolute atomic E-state index is 0.0326. The van der Waals surface area contributed by atoms with Gasteiger partial charge in [-0.25, -0.2) is 12.8 Å². The normalized spacial score (nSPS) is 15.6. The number of carbonyl (C=O) groups is 1. The first-order chi connectivity index (χ1) is 13.3. The van der Waals surface area contributed by atoms with Crippen molar-refractivity contribution in [1.29, 1.82) is 0 Å². The van der Waals surface area contributed by atoms with Gasteiger partial charge in [-0.3, -0.25) is 4.79 Å². The summed E-state index contributed by atoms with van der Waals surface area (Å²) in [7, 11) is -3.78. The van der Waals surface area contributed by atoms with Crippen LogP contribution in [-0.2, 0) is 14.8 Å². The van der Waals surface area contributed by atoms with Crippen LogP contribution in [0, 0.1) is 5.82 Å². The van der Waals surface area contributed by atoms with Crippen LogP contribution in [0.3, 0.4) is 0 Å². The zero-order valence-corrected chi connectivity index (χ0v) is 18.6. The molecule has 2 aromatic rings. The highest BCUT2D eigenvalue weighted by molar-refractivity contribution is 9.10. The van der Waals surface area contributed by atoms with Gasteiger partial charge in [0, 0.05) is 35.5 Å². The molecule has 1 saturated heterocycles. The Balaban J connectivity index is 1.56. The highest BCUT2D eigenvalue weighted by atomic mass is 79.9. The molecule has 0 bridgehead atoms. The summed E-state index contributed by atoms with van der Waals surface area (Å²) in [6.07, 6.45) is 0. The van der Waals surface area contributed by atoms with Gasteiger partial charge in [0.1, 0.15) is 5.82 Å². The number of hydrogen-bond donors (Lipinski definition) is 0. The molecule has 0 aromatic heterocycles. The molecule has 1 fully saturated rings. The largest absolute Gasteiger partial charge is 0.339 e. The van der Waals surface area contributed by atoms with Crippen molar-refractivity contribution in [3.63, 3.8) is 0 Å². The molecule has 5 nitrogen and oxygen atoms in total. The van der Waals surface area contributed by atoms with E-state index in [0.29, 0.717) is 18.8 Å². The van der Waals surface area contributed by atoms with E-state index < -0.39 is 15.8 Å². The third-order valence-electron chi connectivity index (χ3n) is 4.30. The van der Waals surface area contributed by atoms with E-state index in [1.807, 2.05) is 24.3 Å². The molecule has 3 rings (SSSR count). The number of hydrogen-bond acceptors (Lipinski definition) is 4. The number of nitrogens with zero attached hydrogens (tertiary/aromatic N) is 2. The van der Waals surface area contributed by atoms with E-state index in [0.717, 1.165) is 21.5 Å². The van der Waals surface area contributed by atoms with Gasteiger partial charge in [-0.05, 0) is 42.5 Å². The molecule has 28 heavy (non-hydrogen) atoms. The van der Waals surface area contributed by atoms with Gasteiger partial charge in [0.15, 0.2) is 0 Å². The van der Waals surface area contributed by atoms with Crippen molar-refractivity contribution in [2.75, 3.05) is 31.9 Å². The summed E-state index contributed by atoms with van der Waals surface area (Å²) in [4.78, 5) is 15.0. The maximum absolute atomic E-state index is 13.3. The molecule has 0 saturated carbocycles. The van der Waals surface area contributed by atoms with Crippen LogP contribution < -0.4 is 0 Å². The number of piperazine rings is 1. The van der Waals surface area contributed by atoms with Crippen LogP contribution in [0.1, 0.15) is 0 Å². The lowest BCUT2D eigenvalue weighted by Crippen LogP contribution is -2.50. The standard InChI is InChI=1S/C18H17BrClFN2O3S2/c19-13-1-3-14(4-2-13)27-12-18(24)22-7-9-23(10-8-22)28(25,26)15-5-6-17(21)16(20)11-15/h1-6,11H,7-10,12H2. The predicted molar refractivity (Wildman–Crippen MR) is 112 cm³/mol. The highest BCUT2D eigenvalue weighted by Gasteiger charge is 2.30. The fourth-order valence-electron chi connectivity index (χ4n) is 2.73. The molecule has 1 aliphatic rings. The predicted octanol–water partition coefficient (Wildman–Crippen LogP) is 3.87. The minimum Gasteiger partial charge on any atom is -0.339 e. The van der Waals surface area contributed by atoms with Gasteiger partial charge in [-0.15, -0.1) is 11.8 Å². The number of benzene rings is 2. The van der Waals surface area contributed by atoms with Gasteiger partial charge in [0.25, 0.3) is 0 Å². The van der Waals surface area contributed by atoms with E-state index in [2.05, 4.69) is 15.9 Å². The third kappa shape index (κ3) is 5.07. The molecule has 1 aliphatic heterocycles. The Hall–Kier alpha value is -1.13. The van der Waals surface area contributed by atoms with Crippen LogP contribution in [0.5, 0.6) is 0 Å². The molecule has 1 amide bonds. The first kappa shape index (κ1) is 21.6. The summed E-state index contributed by atoms with van der Waals surface area (Å²) in [5.74, 6) is -0.406. The van der Waals surface area contributed by atoms with Crippen molar-refractivity contribution in [2.45, 2.75) is 9.79 Å². The molecule has 2 aromatic carbocycles. The number of rotatable bonds is 5. The number of amides is 1. The molecule has 0 radical (unpaired) electrons. The Kier molecular flexibility index (Phi) is 7.03. The van der Waals surface area contributed by atoms with E-state index in [-0.39, 0.29) is 28.9 Å². The lowest BCUT2D eigenvalue weighted by atomic mass is 10.3. The van der Waals surface area contributed by atoms with Gasteiger partial charge in [-0.1, -0.05) is 27.5 Å². The Morgan fingerprint density at radius 2 is 1.75 bits per heavy atom. The average Bonchev–Trinajstić information content (AvgIpc) is 2.69.